The van der Waals surface area contributed by atoms with Gasteiger partial charge in [0.2, 0.25) is 0 Å². The molecule has 1 aliphatic rings. The third kappa shape index (κ3) is 2.80. The second-order valence-electron chi connectivity index (χ2n) is 6.05. The molecule has 0 saturated heterocycles. The van der Waals surface area contributed by atoms with Gasteiger partial charge in [0.15, 0.2) is 0 Å². The lowest BCUT2D eigenvalue weighted by Gasteiger charge is -2.35. The van der Waals surface area contributed by atoms with Crippen molar-refractivity contribution in [3.8, 4) is 0 Å². The number of aliphatic hydroxyl groups excluding tert-OH is 1. The van der Waals surface area contributed by atoms with Crippen molar-refractivity contribution in [1.29, 1.82) is 0 Å². The molecular formula is C15H17ClFNO2. The summed E-state index contributed by atoms with van der Waals surface area (Å²) in [6.45, 7) is 6.13. The number of benzene rings is 1. The fraction of sp³-hybridized carbons (Fsp3) is 0.400. The minimum atomic E-state index is -0.489. The van der Waals surface area contributed by atoms with Crippen LogP contribution < -0.4 is 0 Å². The Morgan fingerprint density at radius 3 is 2.60 bits per heavy atom. The molecule has 2 rings (SSSR count). The molecule has 1 amide bonds. The second-order valence-corrected chi connectivity index (χ2v) is 6.46. The first kappa shape index (κ1) is 14.9. The maximum atomic E-state index is 13.2. The zero-order valence-electron chi connectivity index (χ0n) is 11.7. The minimum absolute atomic E-state index is 0.0265. The van der Waals surface area contributed by atoms with Crippen LogP contribution in [0.2, 0.25) is 5.02 Å². The Hall–Kier alpha value is -1.55. The summed E-state index contributed by atoms with van der Waals surface area (Å²) in [6.07, 6.45) is 1.24. The third-order valence-corrected chi connectivity index (χ3v) is 3.59. The number of carbonyl (C=O) groups is 1. The van der Waals surface area contributed by atoms with E-state index < -0.39 is 5.82 Å². The Morgan fingerprint density at radius 2 is 2.05 bits per heavy atom. The van der Waals surface area contributed by atoms with E-state index >= 15 is 0 Å². The summed E-state index contributed by atoms with van der Waals surface area (Å²) in [7, 11) is 0. The van der Waals surface area contributed by atoms with Crippen LogP contribution in [-0.2, 0) is 11.3 Å². The topological polar surface area (TPSA) is 40.5 Å². The van der Waals surface area contributed by atoms with Gasteiger partial charge in [-0.05, 0) is 23.1 Å². The van der Waals surface area contributed by atoms with Crippen molar-refractivity contribution in [2.75, 3.05) is 0 Å². The number of hydrogen-bond acceptors (Lipinski definition) is 2. The number of aliphatic hydroxyl groups is 1. The van der Waals surface area contributed by atoms with Gasteiger partial charge in [-0.2, -0.15) is 0 Å². The molecule has 1 heterocycles. The monoisotopic (exact) mass is 297 g/mol. The third-order valence-electron chi connectivity index (χ3n) is 3.30. The van der Waals surface area contributed by atoms with Gasteiger partial charge in [0, 0.05) is 12.6 Å². The van der Waals surface area contributed by atoms with Crippen molar-refractivity contribution < 1.29 is 14.3 Å². The van der Waals surface area contributed by atoms with Crippen LogP contribution in [0.4, 0.5) is 4.39 Å². The second kappa shape index (κ2) is 5.09. The van der Waals surface area contributed by atoms with Crippen LogP contribution in [-0.4, -0.2) is 22.0 Å². The van der Waals surface area contributed by atoms with Crippen LogP contribution >= 0.6 is 11.6 Å². The van der Waals surface area contributed by atoms with E-state index in [0.717, 1.165) is 5.56 Å². The summed E-state index contributed by atoms with van der Waals surface area (Å²) in [6, 6.07) is 3.97. The molecule has 3 nitrogen and oxygen atoms in total. The average molecular weight is 298 g/mol. The van der Waals surface area contributed by atoms with Gasteiger partial charge in [0.25, 0.3) is 5.91 Å². The maximum Gasteiger partial charge on any atom is 0.250 e. The Kier molecular flexibility index (Phi) is 3.78. The van der Waals surface area contributed by atoms with Crippen LogP contribution in [0.5, 0.6) is 0 Å². The predicted octanol–water partition coefficient (Wildman–Crippen LogP) is 3.68. The largest absolute Gasteiger partial charge is 0.510 e. The van der Waals surface area contributed by atoms with E-state index in [4.69, 9.17) is 11.6 Å². The molecule has 0 fully saturated rings. The number of halogens is 2. The molecule has 1 atom stereocenters. The lowest BCUT2D eigenvalue weighted by Crippen LogP contribution is -2.43. The zero-order valence-corrected chi connectivity index (χ0v) is 12.4. The van der Waals surface area contributed by atoms with Gasteiger partial charge >= 0.3 is 0 Å². The van der Waals surface area contributed by atoms with Gasteiger partial charge in [-0.1, -0.05) is 38.4 Å². The van der Waals surface area contributed by atoms with Gasteiger partial charge in [0.05, 0.1) is 11.1 Å². The van der Waals surface area contributed by atoms with Crippen molar-refractivity contribution in [2.45, 2.75) is 33.4 Å². The molecule has 1 aliphatic heterocycles. The Balaban J connectivity index is 2.27. The van der Waals surface area contributed by atoms with Gasteiger partial charge < -0.3 is 10.0 Å². The molecule has 1 N–H and O–H groups in total. The number of hydrogen-bond donors (Lipinski definition) is 1. The number of nitrogens with zero attached hydrogens (tertiary/aromatic N) is 1. The Morgan fingerprint density at radius 1 is 1.40 bits per heavy atom. The molecule has 1 unspecified atom stereocenters. The van der Waals surface area contributed by atoms with Crippen molar-refractivity contribution in [3.05, 3.63) is 46.4 Å². The highest BCUT2D eigenvalue weighted by atomic mass is 35.5. The Bertz CT molecular complexity index is 578. The highest BCUT2D eigenvalue weighted by Gasteiger charge is 2.40. The Labute approximate surface area is 122 Å². The molecule has 1 aromatic rings. The minimum Gasteiger partial charge on any atom is -0.510 e. The number of carbonyl (C=O) groups excluding carboxylic acids is 1. The van der Waals surface area contributed by atoms with Gasteiger partial charge in [-0.15, -0.1) is 0 Å². The van der Waals surface area contributed by atoms with E-state index in [0.29, 0.717) is 0 Å². The molecule has 0 saturated carbocycles. The maximum absolute atomic E-state index is 13.2. The summed E-state index contributed by atoms with van der Waals surface area (Å²) in [5.74, 6) is -0.671. The summed E-state index contributed by atoms with van der Waals surface area (Å²) < 4.78 is 13.2. The fourth-order valence-corrected chi connectivity index (χ4v) is 2.69. The molecule has 5 heteroatoms. The lowest BCUT2D eigenvalue weighted by molar-refractivity contribution is -0.128. The zero-order chi connectivity index (χ0) is 15.1. The first-order valence-electron chi connectivity index (χ1n) is 6.35. The number of amides is 1. The van der Waals surface area contributed by atoms with E-state index in [2.05, 4.69) is 0 Å². The first-order chi connectivity index (χ1) is 9.20. The van der Waals surface area contributed by atoms with Crippen LogP contribution in [0.15, 0.2) is 30.0 Å². The number of rotatable bonds is 2. The van der Waals surface area contributed by atoms with Crippen LogP contribution in [0, 0.1) is 11.2 Å². The van der Waals surface area contributed by atoms with Crippen molar-refractivity contribution in [3.63, 3.8) is 0 Å². The quantitative estimate of drug-likeness (QED) is 0.904. The highest BCUT2D eigenvalue weighted by molar-refractivity contribution is 6.30. The van der Waals surface area contributed by atoms with Crippen molar-refractivity contribution >= 4 is 17.5 Å². The highest BCUT2D eigenvalue weighted by Crippen LogP contribution is 2.34. The predicted molar refractivity (Wildman–Crippen MR) is 75.9 cm³/mol. The average Bonchev–Trinajstić information content (AvgIpc) is 2.58. The lowest BCUT2D eigenvalue weighted by atomic mass is 9.85. The molecular weight excluding hydrogens is 281 g/mol. The van der Waals surface area contributed by atoms with Crippen molar-refractivity contribution in [2.24, 2.45) is 5.41 Å². The summed E-state index contributed by atoms with van der Waals surface area (Å²) in [4.78, 5) is 13.5. The van der Waals surface area contributed by atoms with E-state index in [1.54, 1.807) is 11.0 Å². The summed E-state index contributed by atoms with van der Waals surface area (Å²) >= 11 is 5.75. The molecule has 20 heavy (non-hydrogen) atoms. The van der Waals surface area contributed by atoms with E-state index in [-0.39, 0.29) is 34.7 Å². The molecule has 108 valence electrons. The molecule has 0 aliphatic carbocycles. The first-order valence-corrected chi connectivity index (χ1v) is 6.73. The molecule has 1 aromatic carbocycles. The van der Waals surface area contributed by atoms with Gasteiger partial charge in [-0.3, -0.25) is 4.79 Å². The molecule has 0 radical (unpaired) electrons. The fourth-order valence-electron chi connectivity index (χ4n) is 2.49. The normalized spacial score (nSPS) is 19.4. The standard InChI is InChI=1S/C15H17ClFNO2/c1-15(2,3)14-12(19)7-13(20)18(14)8-9-4-5-11(17)10(16)6-9/h4-7,14,19H,8H2,1-3H3. The summed E-state index contributed by atoms with van der Waals surface area (Å²) in [5, 5.41) is 9.98. The smallest absolute Gasteiger partial charge is 0.250 e. The van der Waals surface area contributed by atoms with Gasteiger partial charge in [-0.25, -0.2) is 4.39 Å². The van der Waals surface area contributed by atoms with Crippen LogP contribution in [0.1, 0.15) is 26.3 Å². The van der Waals surface area contributed by atoms with Gasteiger partial charge in [0.1, 0.15) is 11.6 Å². The SMILES string of the molecule is CC(C)(C)C1C(O)=CC(=O)N1Cc1ccc(F)c(Cl)c1. The van der Waals surface area contributed by atoms with E-state index in [1.807, 2.05) is 20.8 Å². The summed E-state index contributed by atoms with van der Waals surface area (Å²) in [5.41, 5.74) is 0.429. The molecule has 0 bridgehead atoms. The van der Waals surface area contributed by atoms with Crippen LogP contribution in [0.3, 0.4) is 0 Å². The van der Waals surface area contributed by atoms with Crippen LogP contribution in [0.25, 0.3) is 0 Å². The van der Waals surface area contributed by atoms with E-state index in [9.17, 15) is 14.3 Å². The van der Waals surface area contributed by atoms with Crippen molar-refractivity contribution in [1.82, 2.24) is 4.90 Å². The molecule has 0 spiro atoms. The molecule has 0 aromatic heterocycles. The van der Waals surface area contributed by atoms with E-state index in [1.165, 1.54) is 18.2 Å².